The second kappa shape index (κ2) is 8.70. The molecule has 36 heavy (non-hydrogen) atoms. The van der Waals surface area contributed by atoms with Crippen molar-refractivity contribution in [1.82, 2.24) is 5.32 Å². The maximum Gasteiger partial charge on any atom is 0.226 e. The fourth-order valence-electron chi connectivity index (χ4n) is 12.3. The highest BCUT2D eigenvalue weighted by Gasteiger charge is 2.67. The van der Waals surface area contributed by atoms with Crippen LogP contribution in [0.3, 0.4) is 0 Å². The van der Waals surface area contributed by atoms with E-state index in [2.05, 4.69) is 33.0 Å². The molecule has 0 radical (unpaired) electrons. The molecule has 1 amide bonds. The second-order valence-corrected chi connectivity index (χ2v) is 15.7. The molecule has 0 heterocycles. The van der Waals surface area contributed by atoms with Gasteiger partial charge in [-0.1, -0.05) is 34.1 Å². The summed E-state index contributed by atoms with van der Waals surface area (Å²) in [4.78, 5) is 14.0. The zero-order valence-corrected chi connectivity index (χ0v) is 23.7. The molecule has 6 saturated carbocycles. The highest BCUT2D eigenvalue weighted by molar-refractivity contribution is 5.84. The molecule has 0 saturated heterocycles. The van der Waals surface area contributed by atoms with Crippen molar-refractivity contribution in [3.63, 3.8) is 0 Å². The molecule has 6 aliphatic carbocycles. The van der Waals surface area contributed by atoms with E-state index in [-0.39, 0.29) is 16.9 Å². The van der Waals surface area contributed by atoms with Crippen molar-refractivity contribution in [2.24, 2.45) is 62.9 Å². The number of nitrogens with one attached hydrogen (secondary N) is 1. The van der Waals surface area contributed by atoms with Gasteiger partial charge in [0.2, 0.25) is 5.91 Å². The molecule has 6 fully saturated rings. The normalized spacial score (nSPS) is 53.6. The van der Waals surface area contributed by atoms with Crippen molar-refractivity contribution in [3.8, 4) is 0 Å². The van der Waals surface area contributed by atoms with Crippen molar-refractivity contribution in [2.75, 3.05) is 6.54 Å². The molecule has 4 N–H and O–H groups in total. The van der Waals surface area contributed by atoms with Gasteiger partial charge in [0.15, 0.2) is 0 Å². The minimum Gasteiger partial charge on any atom is -0.393 e. The lowest BCUT2D eigenvalue weighted by atomic mass is 9.36. The number of nitrogens with two attached hydrogens (primary N) is 1. The Bertz CT molecular complexity index is 872. The summed E-state index contributed by atoms with van der Waals surface area (Å²) in [6.45, 7) is 10.7. The van der Waals surface area contributed by atoms with E-state index < -0.39 is 0 Å². The summed E-state index contributed by atoms with van der Waals surface area (Å²) < 4.78 is 0. The van der Waals surface area contributed by atoms with Gasteiger partial charge in [-0.15, -0.1) is 0 Å². The van der Waals surface area contributed by atoms with Crippen LogP contribution in [0.25, 0.3) is 0 Å². The van der Waals surface area contributed by atoms with Crippen molar-refractivity contribution in [2.45, 2.75) is 130 Å². The van der Waals surface area contributed by atoms with Crippen LogP contribution in [0.4, 0.5) is 0 Å². The number of amides is 1. The van der Waals surface area contributed by atoms with Gasteiger partial charge in [-0.2, -0.15) is 0 Å². The molecule has 6 rings (SSSR count). The van der Waals surface area contributed by atoms with Gasteiger partial charge >= 0.3 is 0 Å². The molecule has 11 atom stereocenters. The summed E-state index contributed by atoms with van der Waals surface area (Å²) in [5.74, 6) is 4.52. The summed E-state index contributed by atoms with van der Waals surface area (Å²) in [5, 5.41) is 14.5. The van der Waals surface area contributed by atoms with E-state index in [9.17, 15) is 9.90 Å². The monoisotopic (exact) mass is 498 g/mol. The van der Waals surface area contributed by atoms with Gasteiger partial charge < -0.3 is 16.2 Å². The number of fused-ring (bicyclic) bond motifs is 7. The SMILES string of the molecule is CC1(C)C(O)CCC2(C)C1CCC1(C)C3CCC4(C(=O)NC5CCC(CN)C5)CCCC4C3CCC12. The number of aliphatic hydroxyl groups excluding tert-OH is 1. The average molecular weight is 499 g/mol. The number of carbonyl (C=O) groups is 1. The van der Waals surface area contributed by atoms with Crippen LogP contribution in [-0.4, -0.2) is 29.7 Å². The van der Waals surface area contributed by atoms with Crippen LogP contribution in [0, 0.1) is 57.2 Å². The van der Waals surface area contributed by atoms with Crippen LogP contribution >= 0.6 is 0 Å². The third-order valence-electron chi connectivity index (χ3n) is 14.2. The van der Waals surface area contributed by atoms with Crippen LogP contribution in [0.5, 0.6) is 0 Å². The summed E-state index contributed by atoms with van der Waals surface area (Å²) in [6.07, 6.45) is 16.7. The number of hydrogen-bond acceptors (Lipinski definition) is 3. The minimum absolute atomic E-state index is 0.0274. The Hall–Kier alpha value is -0.610. The number of aliphatic hydroxyl groups is 1. The smallest absolute Gasteiger partial charge is 0.226 e. The Morgan fingerprint density at radius 1 is 0.833 bits per heavy atom. The second-order valence-electron chi connectivity index (χ2n) is 15.7. The molecule has 6 aliphatic rings. The molecular formula is C32H54N2O2. The lowest BCUT2D eigenvalue weighted by molar-refractivity contribution is -0.214. The molecule has 0 bridgehead atoms. The number of carbonyl (C=O) groups excluding carboxylic acids is 1. The Balaban J connectivity index is 1.23. The summed E-state index contributed by atoms with van der Waals surface area (Å²) >= 11 is 0. The van der Waals surface area contributed by atoms with Gasteiger partial charge in [-0.05, 0) is 142 Å². The van der Waals surface area contributed by atoms with Crippen LogP contribution in [0.1, 0.15) is 118 Å². The number of hydrogen-bond donors (Lipinski definition) is 3. The molecule has 204 valence electrons. The maximum atomic E-state index is 14.0. The zero-order valence-electron chi connectivity index (χ0n) is 23.7. The van der Waals surface area contributed by atoms with Crippen molar-refractivity contribution in [1.29, 1.82) is 0 Å². The lowest BCUT2D eigenvalue weighted by Gasteiger charge is -2.69. The molecule has 0 aliphatic heterocycles. The quantitative estimate of drug-likeness (QED) is 0.443. The van der Waals surface area contributed by atoms with Gasteiger partial charge in [0.1, 0.15) is 0 Å². The molecule has 4 nitrogen and oxygen atoms in total. The van der Waals surface area contributed by atoms with Crippen LogP contribution < -0.4 is 11.1 Å². The Morgan fingerprint density at radius 2 is 1.61 bits per heavy atom. The molecule has 0 aromatic carbocycles. The topological polar surface area (TPSA) is 75.3 Å². The third-order valence-corrected chi connectivity index (χ3v) is 14.2. The van der Waals surface area contributed by atoms with Crippen molar-refractivity contribution in [3.05, 3.63) is 0 Å². The largest absolute Gasteiger partial charge is 0.393 e. The van der Waals surface area contributed by atoms with E-state index in [1.54, 1.807) is 0 Å². The molecular weight excluding hydrogens is 444 g/mol. The zero-order chi connectivity index (χ0) is 25.5. The van der Waals surface area contributed by atoms with E-state index in [1.165, 1.54) is 57.8 Å². The highest BCUT2D eigenvalue weighted by atomic mass is 16.3. The van der Waals surface area contributed by atoms with Crippen LogP contribution in [0.15, 0.2) is 0 Å². The fraction of sp³-hybridized carbons (Fsp3) is 0.969. The molecule has 0 spiro atoms. The lowest BCUT2D eigenvalue weighted by Crippen LogP contribution is -2.63. The van der Waals surface area contributed by atoms with Crippen LogP contribution in [-0.2, 0) is 4.79 Å². The molecule has 0 aromatic heterocycles. The van der Waals surface area contributed by atoms with E-state index in [0.717, 1.165) is 56.4 Å². The minimum atomic E-state index is -0.149. The molecule has 0 aromatic rings. The molecule has 11 unspecified atom stereocenters. The first-order valence-corrected chi connectivity index (χ1v) is 15.8. The van der Waals surface area contributed by atoms with Crippen molar-refractivity contribution < 1.29 is 9.90 Å². The van der Waals surface area contributed by atoms with Gasteiger partial charge in [0, 0.05) is 6.04 Å². The summed E-state index contributed by atoms with van der Waals surface area (Å²) in [5.41, 5.74) is 6.62. The third kappa shape index (κ3) is 3.48. The van der Waals surface area contributed by atoms with E-state index in [1.807, 2.05) is 0 Å². The first-order chi connectivity index (χ1) is 17.1. The Labute approximate surface area is 220 Å². The van der Waals surface area contributed by atoms with Gasteiger partial charge in [0.25, 0.3) is 0 Å². The van der Waals surface area contributed by atoms with Gasteiger partial charge in [-0.3, -0.25) is 4.79 Å². The molecule has 4 heteroatoms. The summed E-state index contributed by atoms with van der Waals surface area (Å²) in [6, 6.07) is 0.355. The van der Waals surface area contributed by atoms with E-state index in [4.69, 9.17) is 5.73 Å². The van der Waals surface area contributed by atoms with Crippen molar-refractivity contribution >= 4 is 5.91 Å². The first kappa shape index (κ1) is 25.7. The Kier molecular flexibility index (Phi) is 6.20. The summed E-state index contributed by atoms with van der Waals surface area (Å²) in [7, 11) is 0. The van der Waals surface area contributed by atoms with E-state index >= 15 is 0 Å². The predicted octanol–water partition coefficient (Wildman–Crippen LogP) is 6.06. The Morgan fingerprint density at radius 3 is 2.36 bits per heavy atom. The average Bonchev–Trinajstić information content (AvgIpc) is 3.49. The van der Waals surface area contributed by atoms with Gasteiger partial charge in [-0.25, -0.2) is 0 Å². The fourth-order valence-corrected chi connectivity index (χ4v) is 12.3. The number of rotatable bonds is 3. The maximum absolute atomic E-state index is 14.0. The standard InChI is InChI=1S/C32H54N2O2/c1-29(2)25-12-15-30(3)23-11-17-32(28(36)34-21-8-7-20(18-21)19-33)14-5-6-24(32)22(23)9-10-26(30)31(25,4)16-13-27(29)35/h20-27,35H,5-19,33H2,1-4H3,(H,34,36). The first-order valence-electron chi connectivity index (χ1n) is 15.8. The highest BCUT2D eigenvalue weighted by Crippen LogP contribution is 2.73. The van der Waals surface area contributed by atoms with Gasteiger partial charge in [0.05, 0.1) is 11.5 Å². The van der Waals surface area contributed by atoms with Crippen LogP contribution in [0.2, 0.25) is 0 Å². The predicted molar refractivity (Wildman–Crippen MR) is 145 cm³/mol. The van der Waals surface area contributed by atoms with E-state index in [0.29, 0.717) is 40.5 Å².